The van der Waals surface area contributed by atoms with Crippen LogP contribution in [-0.2, 0) is 0 Å². The zero-order valence-corrected chi connectivity index (χ0v) is 11.1. The number of nitro groups is 1. The average molecular weight is 279 g/mol. The van der Waals surface area contributed by atoms with Gasteiger partial charge in [0.25, 0.3) is 0 Å². The summed E-state index contributed by atoms with van der Waals surface area (Å²) in [6.07, 6.45) is 5.54. The van der Waals surface area contributed by atoms with E-state index in [4.69, 9.17) is 9.84 Å². The number of carboxylic acid groups (broad SMARTS) is 1. The highest BCUT2D eigenvalue weighted by molar-refractivity contribution is 5.92. The first-order valence-corrected chi connectivity index (χ1v) is 6.73. The summed E-state index contributed by atoms with van der Waals surface area (Å²) in [5, 5.41) is 20.1. The zero-order valence-electron chi connectivity index (χ0n) is 11.1. The number of para-hydroxylation sites is 1. The number of rotatable bonds is 5. The Hall–Kier alpha value is -2.11. The average Bonchev–Trinajstić information content (AvgIpc) is 2.45. The minimum absolute atomic E-state index is 0.129. The van der Waals surface area contributed by atoms with E-state index in [0.29, 0.717) is 12.5 Å². The van der Waals surface area contributed by atoms with Crippen LogP contribution in [0.3, 0.4) is 0 Å². The monoisotopic (exact) mass is 279 g/mol. The Balaban J connectivity index is 2.19. The normalized spacial score (nSPS) is 15.8. The summed E-state index contributed by atoms with van der Waals surface area (Å²) in [4.78, 5) is 21.5. The number of ether oxygens (including phenoxy) is 1. The second kappa shape index (κ2) is 6.36. The number of benzene rings is 1. The molecule has 2 rings (SSSR count). The Morgan fingerprint density at radius 3 is 2.65 bits per heavy atom. The SMILES string of the molecule is O=C(O)c1cccc([N+](=O)[O-])c1OCC1CCCCC1. The summed E-state index contributed by atoms with van der Waals surface area (Å²) in [7, 11) is 0. The van der Waals surface area contributed by atoms with E-state index in [9.17, 15) is 14.9 Å². The minimum atomic E-state index is -1.22. The van der Waals surface area contributed by atoms with Gasteiger partial charge < -0.3 is 9.84 Å². The lowest BCUT2D eigenvalue weighted by atomic mass is 9.90. The molecule has 0 spiro atoms. The zero-order chi connectivity index (χ0) is 14.5. The predicted octanol–water partition coefficient (Wildman–Crippen LogP) is 3.25. The van der Waals surface area contributed by atoms with Crippen LogP contribution in [0.1, 0.15) is 42.5 Å². The van der Waals surface area contributed by atoms with Crippen molar-refractivity contribution < 1.29 is 19.6 Å². The molecule has 1 aromatic carbocycles. The fraction of sp³-hybridized carbons (Fsp3) is 0.500. The van der Waals surface area contributed by atoms with E-state index in [1.54, 1.807) is 0 Å². The van der Waals surface area contributed by atoms with Gasteiger partial charge in [-0.15, -0.1) is 0 Å². The van der Waals surface area contributed by atoms with Crippen molar-refractivity contribution in [2.75, 3.05) is 6.61 Å². The molecular formula is C14H17NO5. The molecule has 0 aromatic heterocycles. The van der Waals surface area contributed by atoms with Crippen LogP contribution in [0.25, 0.3) is 0 Å². The molecule has 0 radical (unpaired) electrons. The van der Waals surface area contributed by atoms with Crippen LogP contribution in [-0.4, -0.2) is 22.6 Å². The molecule has 0 unspecified atom stereocenters. The van der Waals surface area contributed by atoms with E-state index in [-0.39, 0.29) is 17.0 Å². The number of carbonyl (C=O) groups is 1. The molecule has 0 aliphatic heterocycles. The van der Waals surface area contributed by atoms with Crippen LogP contribution < -0.4 is 4.74 Å². The largest absolute Gasteiger partial charge is 0.486 e. The molecule has 108 valence electrons. The third kappa shape index (κ3) is 3.26. The van der Waals surface area contributed by atoms with E-state index in [1.807, 2.05) is 0 Å². The van der Waals surface area contributed by atoms with Crippen LogP contribution in [0.2, 0.25) is 0 Å². The lowest BCUT2D eigenvalue weighted by Crippen LogP contribution is -2.17. The van der Waals surface area contributed by atoms with Gasteiger partial charge in [0.1, 0.15) is 5.56 Å². The Morgan fingerprint density at radius 1 is 1.35 bits per heavy atom. The van der Waals surface area contributed by atoms with E-state index in [0.717, 1.165) is 25.7 Å². The van der Waals surface area contributed by atoms with Gasteiger partial charge >= 0.3 is 11.7 Å². The van der Waals surface area contributed by atoms with Gasteiger partial charge in [-0.25, -0.2) is 4.79 Å². The summed E-state index contributed by atoms with van der Waals surface area (Å²) in [5.41, 5.74) is -0.448. The van der Waals surface area contributed by atoms with E-state index >= 15 is 0 Å². The Kier molecular flexibility index (Phi) is 4.55. The maximum atomic E-state index is 11.1. The Bertz CT molecular complexity index is 476. The van der Waals surface area contributed by atoms with Crippen LogP contribution >= 0.6 is 0 Å². The maximum Gasteiger partial charge on any atom is 0.339 e. The molecule has 1 saturated carbocycles. The molecule has 1 N–H and O–H groups in total. The standard InChI is InChI=1S/C14H17NO5/c16-14(17)11-7-4-8-12(15(18)19)13(11)20-9-10-5-2-1-3-6-10/h4,7-8,10H,1-3,5-6,9H2,(H,16,17). The second-order valence-electron chi connectivity index (χ2n) is 5.03. The smallest absolute Gasteiger partial charge is 0.339 e. The molecule has 0 amide bonds. The minimum Gasteiger partial charge on any atom is -0.486 e. The molecule has 6 heteroatoms. The highest BCUT2D eigenvalue weighted by Gasteiger charge is 2.24. The van der Waals surface area contributed by atoms with Crippen molar-refractivity contribution in [3.8, 4) is 5.75 Å². The van der Waals surface area contributed by atoms with Crippen molar-refractivity contribution in [2.45, 2.75) is 32.1 Å². The summed E-state index contributed by atoms with van der Waals surface area (Å²) >= 11 is 0. The van der Waals surface area contributed by atoms with Gasteiger partial charge in [0.15, 0.2) is 0 Å². The molecule has 1 fully saturated rings. The van der Waals surface area contributed by atoms with Crippen molar-refractivity contribution in [3.63, 3.8) is 0 Å². The van der Waals surface area contributed by atoms with Crippen LogP contribution in [0.5, 0.6) is 5.75 Å². The molecule has 1 aliphatic rings. The first-order valence-electron chi connectivity index (χ1n) is 6.73. The number of nitro benzene ring substituents is 1. The summed E-state index contributed by atoms with van der Waals surface area (Å²) in [5.74, 6) is -0.992. The van der Waals surface area contributed by atoms with Gasteiger partial charge in [-0.2, -0.15) is 0 Å². The van der Waals surface area contributed by atoms with Gasteiger partial charge in [-0.05, 0) is 24.8 Å². The van der Waals surface area contributed by atoms with Gasteiger partial charge in [0.05, 0.1) is 11.5 Å². The van der Waals surface area contributed by atoms with Crippen molar-refractivity contribution in [3.05, 3.63) is 33.9 Å². The van der Waals surface area contributed by atoms with Crippen LogP contribution in [0, 0.1) is 16.0 Å². The number of hydrogen-bond acceptors (Lipinski definition) is 4. The van der Waals surface area contributed by atoms with Gasteiger partial charge in [-0.3, -0.25) is 10.1 Å². The molecule has 1 aromatic rings. The number of carboxylic acids is 1. The third-order valence-electron chi connectivity index (χ3n) is 3.61. The molecule has 0 saturated heterocycles. The third-order valence-corrected chi connectivity index (χ3v) is 3.61. The Morgan fingerprint density at radius 2 is 2.05 bits per heavy atom. The van der Waals surface area contributed by atoms with Crippen LogP contribution in [0.15, 0.2) is 18.2 Å². The van der Waals surface area contributed by atoms with Gasteiger partial charge in [-0.1, -0.05) is 25.3 Å². The lowest BCUT2D eigenvalue weighted by Gasteiger charge is -2.21. The quantitative estimate of drug-likeness (QED) is 0.660. The van der Waals surface area contributed by atoms with Crippen LogP contribution in [0.4, 0.5) is 5.69 Å². The highest BCUT2D eigenvalue weighted by atomic mass is 16.6. The molecule has 20 heavy (non-hydrogen) atoms. The fourth-order valence-corrected chi connectivity index (χ4v) is 2.54. The van der Waals surface area contributed by atoms with Gasteiger partial charge in [0, 0.05) is 6.07 Å². The number of hydrogen-bond donors (Lipinski definition) is 1. The molecule has 0 atom stereocenters. The number of aromatic carboxylic acids is 1. The van der Waals surface area contributed by atoms with E-state index in [2.05, 4.69) is 0 Å². The molecule has 0 heterocycles. The summed E-state index contributed by atoms with van der Waals surface area (Å²) in [6.45, 7) is 0.338. The topological polar surface area (TPSA) is 89.7 Å². The lowest BCUT2D eigenvalue weighted by molar-refractivity contribution is -0.386. The summed E-state index contributed by atoms with van der Waals surface area (Å²) in [6, 6.07) is 3.95. The molecular weight excluding hydrogens is 262 g/mol. The van der Waals surface area contributed by atoms with E-state index in [1.165, 1.54) is 24.6 Å². The maximum absolute atomic E-state index is 11.1. The molecule has 6 nitrogen and oxygen atoms in total. The van der Waals surface area contributed by atoms with Crippen molar-refractivity contribution in [1.29, 1.82) is 0 Å². The predicted molar refractivity (Wildman–Crippen MR) is 72.1 cm³/mol. The van der Waals surface area contributed by atoms with Gasteiger partial charge in [0.2, 0.25) is 5.75 Å². The highest BCUT2D eigenvalue weighted by Crippen LogP contribution is 2.32. The fourth-order valence-electron chi connectivity index (χ4n) is 2.54. The second-order valence-corrected chi connectivity index (χ2v) is 5.03. The van der Waals surface area contributed by atoms with E-state index < -0.39 is 10.9 Å². The molecule has 0 bridgehead atoms. The summed E-state index contributed by atoms with van der Waals surface area (Å²) < 4.78 is 5.51. The number of nitrogens with zero attached hydrogens (tertiary/aromatic N) is 1. The van der Waals surface area contributed by atoms with Crippen molar-refractivity contribution in [1.82, 2.24) is 0 Å². The van der Waals surface area contributed by atoms with Crippen molar-refractivity contribution >= 4 is 11.7 Å². The first kappa shape index (κ1) is 14.3. The Labute approximate surface area is 116 Å². The van der Waals surface area contributed by atoms with Crippen molar-refractivity contribution in [2.24, 2.45) is 5.92 Å². The molecule has 1 aliphatic carbocycles. The first-order chi connectivity index (χ1) is 9.59.